The third-order valence-electron chi connectivity index (χ3n) is 6.62. The smallest absolute Gasteiger partial charge is 0.343 e. The number of rotatable bonds is 17. The lowest BCUT2D eigenvalue weighted by molar-refractivity contribution is 0.0734. The molecule has 0 spiro atoms. The Kier molecular flexibility index (Phi) is 12.7. The van der Waals surface area contributed by atoms with Gasteiger partial charge < -0.3 is 9.47 Å². The van der Waals surface area contributed by atoms with Crippen LogP contribution in [0.5, 0.6) is 11.5 Å². The van der Waals surface area contributed by atoms with Crippen LogP contribution in [0.3, 0.4) is 0 Å². The molecule has 0 saturated carbocycles. The number of ether oxygens (including phenoxy) is 2. The first-order chi connectivity index (χ1) is 18.2. The van der Waals surface area contributed by atoms with E-state index < -0.39 is 0 Å². The molecular formula is C33H43NO3. The summed E-state index contributed by atoms with van der Waals surface area (Å²) in [5.41, 5.74) is 3.65. The molecule has 0 atom stereocenters. The predicted octanol–water partition coefficient (Wildman–Crippen LogP) is 9.22. The van der Waals surface area contributed by atoms with E-state index in [0.29, 0.717) is 11.3 Å². The summed E-state index contributed by atoms with van der Waals surface area (Å²) in [5, 5.41) is 0. The molecule has 0 unspecified atom stereocenters. The Hall–Kier alpha value is -3.14. The van der Waals surface area contributed by atoms with Crippen molar-refractivity contribution in [3.05, 3.63) is 78.0 Å². The van der Waals surface area contributed by atoms with E-state index in [1.807, 2.05) is 60.7 Å². The Balaban J connectivity index is 1.42. The predicted molar refractivity (Wildman–Crippen MR) is 152 cm³/mol. The fourth-order valence-corrected chi connectivity index (χ4v) is 4.31. The van der Waals surface area contributed by atoms with Gasteiger partial charge in [0, 0.05) is 5.56 Å². The molecule has 0 amide bonds. The molecule has 0 aliphatic heterocycles. The average molecular weight is 502 g/mol. The average Bonchev–Trinajstić information content (AvgIpc) is 2.93. The Morgan fingerprint density at radius 2 is 1.30 bits per heavy atom. The molecule has 198 valence electrons. The lowest BCUT2D eigenvalue weighted by Crippen LogP contribution is -2.08. The number of aromatic nitrogens is 1. The molecule has 1 heterocycles. The topological polar surface area (TPSA) is 48.4 Å². The Morgan fingerprint density at radius 3 is 1.95 bits per heavy atom. The van der Waals surface area contributed by atoms with Gasteiger partial charge in [0.25, 0.3) is 0 Å². The first-order valence-corrected chi connectivity index (χ1v) is 14.2. The van der Waals surface area contributed by atoms with Crippen LogP contribution in [0.2, 0.25) is 0 Å². The number of esters is 1. The summed E-state index contributed by atoms with van der Waals surface area (Å²) in [7, 11) is 0. The van der Waals surface area contributed by atoms with Crippen LogP contribution in [0.1, 0.15) is 100 Å². The van der Waals surface area contributed by atoms with Gasteiger partial charge in [-0.3, -0.25) is 4.98 Å². The van der Waals surface area contributed by atoms with E-state index in [0.717, 1.165) is 36.5 Å². The monoisotopic (exact) mass is 501 g/mol. The number of benzene rings is 2. The van der Waals surface area contributed by atoms with Crippen molar-refractivity contribution >= 4 is 5.97 Å². The standard InChI is InChI=1S/C33H43NO3/c1-3-5-7-9-11-13-25-36-31-23-24-32(34-26-31)28-19-21-30(22-20-28)37-33(35)29-17-15-27(16-18-29)14-12-10-8-6-4-2/h15-24,26H,3-14,25H2,1-2H3. The molecule has 3 aromatic rings. The van der Waals surface area contributed by atoms with E-state index >= 15 is 0 Å². The summed E-state index contributed by atoms with van der Waals surface area (Å²) >= 11 is 0. The normalized spacial score (nSPS) is 10.9. The van der Waals surface area contributed by atoms with Crippen LogP contribution in [0.4, 0.5) is 0 Å². The van der Waals surface area contributed by atoms with Crippen molar-refractivity contribution in [2.45, 2.75) is 90.9 Å². The zero-order valence-electron chi connectivity index (χ0n) is 22.7. The molecule has 37 heavy (non-hydrogen) atoms. The number of aryl methyl sites for hydroxylation is 1. The largest absolute Gasteiger partial charge is 0.492 e. The van der Waals surface area contributed by atoms with Gasteiger partial charge in [-0.05, 0) is 73.4 Å². The maximum atomic E-state index is 12.6. The fraction of sp³-hybridized carbons (Fsp3) is 0.455. The van der Waals surface area contributed by atoms with E-state index in [4.69, 9.17) is 9.47 Å². The number of unbranched alkanes of at least 4 members (excludes halogenated alkanes) is 9. The Bertz CT molecular complexity index is 1030. The molecule has 3 rings (SSSR count). The molecular weight excluding hydrogens is 458 g/mol. The Labute approximate surface area is 223 Å². The van der Waals surface area contributed by atoms with Crippen molar-refractivity contribution in [3.63, 3.8) is 0 Å². The molecule has 0 saturated heterocycles. The summed E-state index contributed by atoms with van der Waals surface area (Å²) in [6.45, 7) is 5.20. The molecule has 0 N–H and O–H groups in total. The van der Waals surface area contributed by atoms with Crippen LogP contribution >= 0.6 is 0 Å². The molecule has 1 aromatic heterocycles. The van der Waals surface area contributed by atoms with Crippen LogP contribution in [-0.2, 0) is 6.42 Å². The van der Waals surface area contributed by atoms with Gasteiger partial charge in [0.1, 0.15) is 11.5 Å². The summed E-state index contributed by atoms with van der Waals surface area (Å²) in [6, 6.07) is 19.2. The van der Waals surface area contributed by atoms with Crippen molar-refractivity contribution in [1.29, 1.82) is 0 Å². The lowest BCUT2D eigenvalue weighted by Gasteiger charge is -2.08. The maximum Gasteiger partial charge on any atom is 0.343 e. The minimum Gasteiger partial charge on any atom is -0.492 e. The third kappa shape index (κ3) is 10.4. The third-order valence-corrected chi connectivity index (χ3v) is 6.62. The van der Waals surface area contributed by atoms with Gasteiger partial charge in [-0.15, -0.1) is 0 Å². The zero-order chi connectivity index (χ0) is 26.1. The van der Waals surface area contributed by atoms with Crippen LogP contribution in [-0.4, -0.2) is 17.6 Å². The summed E-state index contributed by atoms with van der Waals surface area (Å²) in [5.74, 6) is 0.977. The number of nitrogens with zero attached hydrogens (tertiary/aromatic N) is 1. The van der Waals surface area contributed by atoms with Gasteiger partial charge in [0.15, 0.2) is 0 Å². The van der Waals surface area contributed by atoms with E-state index in [2.05, 4.69) is 18.8 Å². The van der Waals surface area contributed by atoms with Gasteiger partial charge in [-0.1, -0.05) is 83.8 Å². The molecule has 0 radical (unpaired) electrons. The minimum absolute atomic E-state index is 0.341. The molecule has 4 heteroatoms. The zero-order valence-corrected chi connectivity index (χ0v) is 22.7. The van der Waals surface area contributed by atoms with Crippen LogP contribution in [0, 0.1) is 0 Å². The summed E-state index contributed by atoms with van der Waals surface area (Å²) in [6.07, 6.45) is 16.6. The van der Waals surface area contributed by atoms with Gasteiger partial charge in [0.05, 0.1) is 24.1 Å². The molecule has 2 aromatic carbocycles. The molecule has 0 bridgehead atoms. The van der Waals surface area contributed by atoms with Crippen molar-refractivity contribution in [3.8, 4) is 22.8 Å². The molecule has 4 nitrogen and oxygen atoms in total. The highest BCUT2D eigenvalue weighted by Gasteiger charge is 2.09. The highest BCUT2D eigenvalue weighted by atomic mass is 16.5. The highest BCUT2D eigenvalue weighted by molar-refractivity contribution is 5.91. The molecule has 0 fully saturated rings. The van der Waals surface area contributed by atoms with Crippen LogP contribution in [0.15, 0.2) is 66.9 Å². The van der Waals surface area contributed by atoms with Gasteiger partial charge in [0.2, 0.25) is 0 Å². The minimum atomic E-state index is -0.341. The number of carbonyl (C=O) groups excluding carboxylic acids is 1. The highest BCUT2D eigenvalue weighted by Crippen LogP contribution is 2.23. The maximum absolute atomic E-state index is 12.6. The summed E-state index contributed by atoms with van der Waals surface area (Å²) < 4.78 is 11.4. The first kappa shape index (κ1) is 28.4. The second-order valence-corrected chi connectivity index (χ2v) is 9.77. The molecule has 0 aliphatic carbocycles. The SMILES string of the molecule is CCCCCCCCOc1ccc(-c2ccc(OC(=O)c3ccc(CCCCCCC)cc3)cc2)nc1. The Morgan fingerprint density at radius 1 is 0.676 bits per heavy atom. The van der Waals surface area contributed by atoms with Gasteiger partial charge >= 0.3 is 5.97 Å². The van der Waals surface area contributed by atoms with Crippen molar-refractivity contribution < 1.29 is 14.3 Å². The first-order valence-electron chi connectivity index (χ1n) is 14.2. The number of carbonyl (C=O) groups is 1. The summed E-state index contributed by atoms with van der Waals surface area (Å²) in [4.78, 5) is 17.1. The number of hydrogen-bond acceptors (Lipinski definition) is 4. The van der Waals surface area contributed by atoms with Gasteiger partial charge in [-0.2, -0.15) is 0 Å². The van der Waals surface area contributed by atoms with Crippen molar-refractivity contribution in [2.24, 2.45) is 0 Å². The van der Waals surface area contributed by atoms with E-state index in [9.17, 15) is 4.79 Å². The molecule has 0 aliphatic rings. The van der Waals surface area contributed by atoms with Crippen LogP contribution in [0.25, 0.3) is 11.3 Å². The van der Waals surface area contributed by atoms with E-state index in [1.54, 1.807) is 6.20 Å². The van der Waals surface area contributed by atoms with Gasteiger partial charge in [-0.25, -0.2) is 4.79 Å². The van der Waals surface area contributed by atoms with E-state index in [1.165, 1.54) is 69.8 Å². The number of hydrogen-bond donors (Lipinski definition) is 0. The second-order valence-electron chi connectivity index (χ2n) is 9.77. The lowest BCUT2D eigenvalue weighted by atomic mass is 10.0. The van der Waals surface area contributed by atoms with E-state index in [-0.39, 0.29) is 5.97 Å². The quantitative estimate of drug-likeness (QED) is 0.105. The fourth-order valence-electron chi connectivity index (χ4n) is 4.31. The van der Waals surface area contributed by atoms with Crippen LogP contribution < -0.4 is 9.47 Å². The second kappa shape index (κ2) is 16.6. The van der Waals surface area contributed by atoms with Crippen molar-refractivity contribution in [1.82, 2.24) is 4.98 Å². The van der Waals surface area contributed by atoms with Crippen molar-refractivity contribution in [2.75, 3.05) is 6.61 Å². The number of pyridine rings is 1.